The van der Waals surface area contributed by atoms with Gasteiger partial charge in [0.05, 0.1) is 6.61 Å². The van der Waals surface area contributed by atoms with Gasteiger partial charge in [-0.1, -0.05) is 41.9 Å². The maximum atomic E-state index is 12.6. The lowest BCUT2D eigenvalue weighted by Gasteiger charge is -2.26. The maximum absolute atomic E-state index is 12.6. The summed E-state index contributed by atoms with van der Waals surface area (Å²) in [5, 5.41) is 1.65. The van der Waals surface area contributed by atoms with Crippen molar-refractivity contribution in [3.63, 3.8) is 0 Å². The second-order valence-corrected chi connectivity index (χ2v) is 6.57. The highest BCUT2D eigenvalue weighted by molar-refractivity contribution is 6.30. The van der Waals surface area contributed by atoms with E-state index in [0.29, 0.717) is 10.6 Å². The van der Waals surface area contributed by atoms with Gasteiger partial charge in [0.2, 0.25) is 5.91 Å². The molecule has 1 fully saturated rings. The molecule has 0 radical (unpaired) electrons. The van der Waals surface area contributed by atoms with E-state index in [-0.39, 0.29) is 18.9 Å². The minimum atomic E-state index is -0.939. The van der Waals surface area contributed by atoms with Crippen molar-refractivity contribution in [2.75, 3.05) is 6.61 Å². The van der Waals surface area contributed by atoms with Gasteiger partial charge in [0.25, 0.3) is 5.91 Å². The molecule has 0 saturated carbocycles. The zero-order valence-electron chi connectivity index (χ0n) is 14.7. The molecule has 140 valence electrons. The number of amides is 2. The summed E-state index contributed by atoms with van der Waals surface area (Å²) in [5.74, 6) is -1.81. The molecule has 2 aromatic rings. The summed E-state index contributed by atoms with van der Waals surface area (Å²) in [5.41, 5.74) is 3.73. The Kier molecular flexibility index (Phi) is 5.76. The first-order valence-electron chi connectivity index (χ1n) is 8.61. The van der Waals surface area contributed by atoms with Gasteiger partial charge in [-0.05, 0) is 36.8 Å². The number of carbonyl (C=O) groups is 3. The number of nitrogens with one attached hydrogen (secondary N) is 1. The van der Waals surface area contributed by atoms with Crippen LogP contribution in [0.4, 0.5) is 0 Å². The smallest absolute Gasteiger partial charge is 0.331 e. The molecule has 0 spiro atoms. The Morgan fingerprint density at radius 1 is 1.15 bits per heavy atom. The molecule has 3 rings (SSSR count). The zero-order valence-corrected chi connectivity index (χ0v) is 15.5. The number of hydrazine groups is 1. The molecule has 27 heavy (non-hydrogen) atoms. The third kappa shape index (κ3) is 4.11. The molecule has 2 amide bonds. The van der Waals surface area contributed by atoms with Crippen molar-refractivity contribution in [2.45, 2.75) is 25.3 Å². The van der Waals surface area contributed by atoms with E-state index in [2.05, 4.69) is 5.43 Å². The first-order valence-corrected chi connectivity index (χ1v) is 8.99. The number of benzene rings is 2. The van der Waals surface area contributed by atoms with E-state index in [1.54, 1.807) is 61.5 Å². The van der Waals surface area contributed by atoms with Crippen molar-refractivity contribution in [1.82, 2.24) is 10.4 Å². The molecule has 2 atom stereocenters. The van der Waals surface area contributed by atoms with E-state index in [1.807, 2.05) is 0 Å². The van der Waals surface area contributed by atoms with Gasteiger partial charge in [-0.15, -0.1) is 0 Å². The second-order valence-electron chi connectivity index (χ2n) is 6.13. The number of esters is 1. The van der Waals surface area contributed by atoms with Crippen LogP contribution >= 0.6 is 11.6 Å². The summed E-state index contributed by atoms with van der Waals surface area (Å²) in [6.07, 6.45) is 0.0835. The Balaban J connectivity index is 1.89. The van der Waals surface area contributed by atoms with Crippen LogP contribution in [0, 0.1) is 0 Å². The predicted octanol–water partition coefficient (Wildman–Crippen LogP) is 2.93. The van der Waals surface area contributed by atoms with Crippen molar-refractivity contribution >= 4 is 29.4 Å². The first-order chi connectivity index (χ1) is 13.0. The Hall–Kier alpha value is -2.86. The molecular formula is C20H19ClN2O4. The molecule has 7 heteroatoms. The van der Waals surface area contributed by atoms with Gasteiger partial charge in [0.1, 0.15) is 0 Å². The van der Waals surface area contributed by atoms with Crippen LogP contribution in [0.5, 0.6) is 0 Å². The molecule has 1 saturated heterocycles. The summed E-state index contributed by atoms with van der Waals surface area (Å²) in [6.45, 7) is 1.87. The fraction of sp³-hybridized carbons (Fsp3) is 0.250. The van der Waals surface area contributed by atoms with E-state index in [0.717, 1.165) is 10.6 Å². The topological polar surface area (TPSA) is 75.7 Å². The number of hydrogen-bond donors (Lipinski definition) is 1. The molecule has 0 aliphatic carbocycles. The highest BCUT2D eigenvalue weighted by Crippen LogP contribution is 2.34. The predicted molar refractivity (Wildman–Crippen MR) is 100.0 cm³/mol. The fourth-order valence-electron chi connectivity index (χ4n) is 3.14. The minimum absolute atomic E-state index is 0.0835. The van der Waals surface area contributed by atoms with Crippen molar-refractivity contribution in [2.24, 2.45) is 0 Å². The summed E-state index contributed by atoms with van der Waals surface area (Å²) in [7, 11) is 0. The molecular weight excluding hydrogens is 368 g/mol. The van der Waals surface area contributed by atoms with Gasteiger partial charge in [0, 0.05) is 22.9 Å². The number of nitrogens with zero attached hydrogens (tertiary/aromatic N) is 1. The van der Waals surface area contributed by atoms with E-state index in [4.69, 9.17) is 16.3 Å². The molecule has 2 aromatic carbocycles. The monoisotopic (exact) mass is 386 g/mol. The SMILES string of the molecule is CCOC(=O)[C@H]1[C@H](c2ccc(Cl)cc2)CC(=O)N1NC(=O)c1ccccc1. The van der Waals surface area contributed by atoms with Crippen molar-refractivity contribution in [1.29, 1.82) is 0 Å². The lowest BCUT2D eigenvalue weighted by Crippen LogP contribution is -2.52. The molecule has 0 unspecified atom stereocenters. The van der Waals surface area contributed by atoms with Crippen molar-refractivity contribution < 1.29 is 19.1 Å². The van der Waals surface area contributed by atoms with Crippen LogP contribution in [0.15, 0.2) is 54.6 Å². The standard InChI is InChI=1S/C20H19ClN2O4/c1-2-27-20(26)18-16(13-8-10-15(21)11-9-13)12-17(24)23(18)22-19(25)14-6-4-3-5-7-14/h3-11,16,18H,2,12H2,1H3,(H,22,25)/t16-,18+/m0/s1. The highest BCUT2D eigenvalue weighted by Gasteiger charge is 2.47. The third-order valence-electron chi connectivity index (χ3n) is 4.41. The van der Waals surface area contributed by atoms with Crippen LogP contribution < -0.4 is 5.43 Å². The van der Waals surface area contributed by atoms with Crippen LogP contribution in [0.2, 0.25) is 5.02 Å². The average molecular weight is 387 g/mol. The number of ether oxygens (including phenoxy) is 1. The largest absolute Gasteiger partial charge is 0.464 e. The number of rotatable bonds is 5. The molecule has 1 aliphatic heterocycles. The van der Waals surface area contributed by atoms with E-state index in [1.165, 1.54) is 0 Å². The van der Waals surface area contributed by atoms with E-state index < -0.39 is 23.8 Å². The Labute approximate surface area is 162 Å². The Morgan fingerprint density at radius 3 is 2.44 bits per heavy atom. The van der Waals surface area contributed by atoms with Gasteiger partial charge in [-0.25, -0.2) is 9.80 Å². The quantitative estimate of drug-likeness (QED) is 0.801. The Bertz CT molecular complexity index is 839. The average Bonchev–Trinajstić information content (AvgIpc) is 2.99. The second kappa shape index (κ2) is 8.22. The van der Waals surface area contributed by atoms with Crippen LogP contribution in [0.1, 0.15) is 35.2 Å². The molecule has 1 aliphatic rings. The number of halogens is 1. The van der Waals surface area contributed by atoms with Crippen LogP contribution in [0.25, 0.3) is 0 Å². The molecule has 6 nitrogen and oxygen atoms in total. The van der Waals surface area contributed by atoms with E-state index >= 15 is 0 Å². The van der Waals surface area contributed by atoms with Crippen LogP contribution in [0.3, 0.4) is 0 Å². The van der Waals surface area contributed by atoms with Crippen molar-refractivity contribution in [3.05, 3.63) is 70.7 Å². The van der Waals surface area contributed by atoms with Crippen LogP contribution in [-0.2, 0) is 14.3 Å². The summed E-state index contributed by atoms with van der Waals surface area (Å²) in [4.78, 5) is 37.7. The first kappa shape index (κ1) is 18.9. The van der Waals surface area contributed by atoms with Gasteiger partial charge in [-0.3, -0.25) is 15.0 Å². The minimum Gasteiger partial charge on any atom is -0.464 e. The lowest BCUT2D eigenvalue weighted by atomic mass is 9.92. The summed E-state index contributed by atoms with van der Waals surface area (Å²) < 4.78 is 5.16. The maximum Gasteiger partial charge on any atom is 0.331 e. The number of hydrogen-bond acceptors (Lipinski definition) is 4. The summed E-state index contributed by atoms with van der Waals surface area (Å²) in [6, 6.07) is 14.5. The molecule has 1 N–H and O–H groups in total. The fourth-order valence-corrected chi connectivity index (χ4v) is 3.26. The van der Waals surface area contributed by atoms with Gasteiger partial charge >= 0.3 is 5.97 Å². The van der Waals surface area contributed by atoms with Gasteiger partial charge < -0.3 is 4.74 Å². The summed E-state index contributed by atoms with van der Waals surface area (Å²) >= 11 is 5.94. The molecule has 1 heterocycles. The van der Waals surface area contributed by atoms with E-state index in [9.17, 15) is 14.4 Å². The lowest BCUT2D eigenvalue weighted by molar-refractivity contribution is -0.153. The van der Waals surface area contributed by atoms with Gasteiger partial charge in [-0.2, -0.15) is 0 Å². The Morgan fingerprint density at radius 2 is 1.81 bits per heavy atom. The van der Waals surface area contributed by atoms with Gasteiger partial charge in [0.15, 0.2) is 6.04 Å². The third-order valence-corrected chi connectivity index (χ3v) is 4.66. The van der Waals surface area contributed by atoms with Crippen molar-refractivity contribution in [3.8, 4) is 0 Å². The van der Waals surface area contributed by atoms with Crippen LogP contribution in [-0.4, -0.2) is 35.4 Å². The molecule has 0 bridgehead atoms. The zero-order chi connectivity index (χ0) is 19.4. The highest BCUT2D eigenvalue weighted by atomic mass is 35.5. The molecule has 0 aromatic heterocycles. The number of carbonyl (C=O) groups excluding carboxylic acids is 3. The normalized spacial score (nSPS) is 19.0.